The summed E-state index contributed by atoms with van der Waals surface area (Å²) in [7, 11) is 0. The lowest BCUT2D eigenvalue weighted by Crippen LogP contribution is -2.60. The SMILES string of the molecule is Cc1cc2c3c(c1)N(c1ccc(-c4csc5ccccc45)cc1)c1c(oc4ccc(C(C)(C)C)cc14)B3c1oc3ccc(C(C)(C)C)cc3c1N2c1ccc(-c2csc3ccccc23)cc1. The third kappa shape index (κ3) is 5.89. The van der Waals surface area contributed by atoms with E-state index in [9.17, 15) is 0 Å². The summed E-state index contributed by atoms with van der Waals surface area (Å²) in [6.07, 6.45) is 0. The van der Waals surface area contributed by atoms with Crippen LogP contribution in [0.2, 0.25) is 0 Å². The maximum Gasteiger partial charge on any atom is 0.342 e. The molecule has 6 heterocycles. The molecule has 4 nitrogen and oxygen atoms in total. The Hall–Kier alpha value is -6.80. The molecular formula is C59H47BN2O2S2. The van der Waals surface area contributed by atoms with E-state index in [1.165, 1.54) is 64.6 Å². The second-order valence-corrected chi connectivity index (χ2v) is 22.1. The number of fused-ring (bicyclic) bond motifs is 10. The summed E-state index contributed by atoms with van der Waals surface area (Å²) in [6, 6.07) is 54.0. The predicted octanol–water partition coefficient (Wildman–Crippen LogP) is 15.9. The minimum Gasteiger partial charge on any atom is -0.468 e. The average molecular weight is 891 g/mol. The van der Waals surface area contributed by atoms with Crippen LogP contribution in [0.1, 0.15) is 58.2 Å². The monoisotopic (exact) mass is 890 g/mol. The van der Waals surface area contributed by atoms with Crippen molar-refractivity contribution in [1.29, 1.82) is 0 Å². The third-order valence-electron chi connectivity index (χ3n) is 14.0. The molecule has 0 spiro atoms. The molecule has 0 radical (unpaired) electrons. The fraction of sp³-hybridized carbons (Fsp3) is 0.153. The van der Waals surface area contributed by atoms with Gasteiger partial charge < -0.3 is 18.6 Å². The van der Waals surface area contributed by atoms with Gasteiger partial charge in [0.05, 0.1) is 11.4 Å². The van der Waals surface area contributed by atoms with Crippen LogP contribution in [-0.2, 0) is 10.8 Å². The molecule has 2 aliphatic heterocycles. The Balaban J connectivity index is 1.07. The zero-order valence-electron chi connectivity index (χ0n) is 38.1. The molecule has 7 aromatic carbocycles. The van der Waals surface area contributed by atoms with Crippen molar-refractivity contribution in [2.75, 3.05) is 9.80 Å². The maximum absolute atomic E-state index is 7.27. The number of hydrogen-bond acceptors (Lipinski definition) is 6. The van der Waals surface area contributed by atoms with E-state index in [4.69, 9.17) is 8.83 Å². The first-order valence-corrected chi connectivity index (χ1v) is 24.7. The summed E-state index contributed by atoms with van der Waals surface area (Å²) in [5.41, 5.74) is 19.8. The number of rotatable bonds is 4. The summed E-state index contributed by atoms with van der Waals surface area (Å²) >= 11 is 3.60. The van der Waals surface area contributed by atoms with Crippen molar-refractivity contribution in [2.24, 2.45) is 0 Å². The molecule has 11 aromatic rings. The smallest absolute Gasteiger partial charge is 0.342 e. The van der Waals surface area contributed by atoms with Crippen LogP contribution >= 0.6 is 22.7 Å². The molecule has 0 N–H and O–H groups in total. The molecule has 0 unspecified atom stereocenters. The van der Waals surface area contributed by atoms with E-state index in [0.29, 0.717) is 0 Å². The van der Waals surface area contributed by atoms with Gasteiger partial charge in [-0.25, -0.2) is 0 Å². The number of nitrogens with zero attached hydrogens (tertiary/aromatic N) is 2. The highest BCUT2D eigenvalue weighted by molar-refractivity contribution is 7.18. The molecule has 0 saturated carbocycles. The van der Waals surface area contributed by atoms with Crippen LogP contribution in [0.3, 0.4) is 0 Å². The second kappa shape index (κ2) is 14.1. The fourth-order valence-electron chi connectivity index (χ4n) is 10.6. The van der Waals surface area contributed by atoms with Crippen molar-refractivity contribution in [3.05, 3.63) is 173 Å². The molecule has 13 rings (SSSR count). The summed E-state index contributed by atoms with van der Waals surface area (Å²) < 4.78 is 17.1. The number of benzene rings is 7. The first kappa shape index (κ1) is 39.6. The van der Waals surface area contributed by atoms with E-state index < -0.39 is 0 Å². The van der Waals surface area contributed by atoms with E-state index in [0.717, 1.165) is 67.4 Å². The van der Waals surface area contributed by atoms with Crippen molar-refractivity contribution in [3.63, 3.8) is 0 Å². The molecule has 7 heteroatoms. The standard InChI is InChI=1S/C59H47BN2O2S2/c1-34-28-47-53-48(29-34)62(40-24-18-36(19-25-40)46-33-66-52-15-11-9-13-42(46)52)55-44-31-38(59(5,6)7)21-27-50(44)64-57(55)60(53)56-54(43-30-37(58(2,3)4)20-26-49(43)63-56)61(47)39-22-16-35(17-23-39)45-32-65-51-14-10-8-12-41(45)51/h8-33H,1-7H3. The van der Waals surface area contributed by atoms with E-state index in [2.05, 4.69) is 215 Å². The van der Waals surface area contributed by atoms with Gasteiger partial charge >= 0.3 is 6.71 Å². The molecule has 0 saturated heterocycles. The minimum atomic E-state index is -0.294. The first-order valence-electron chi connectivity index (χ1n) is 22.9. The van der Waals surface area contributed by atoms with E-state index in [1.54, 1.807) is 22.7 Å². The molecule has 0 aliphatic carbocycles. The van der Waals surface area contributed by atoms with Gasteiger partial charge in [0.15, 0.2) is 0 Å². The van der Waals surface area contributed by atoms with Crippen LogP contribution in [-0.4, -0.2) is 6.71 Å². The van der Waals surface area contributed by atoms with Gasteiger partial charge in [-0.1, -0.05) is 114 Å². The quantitative estimate of drug-likeness (QED) is 0.165. The van der Waals surface area contributed by atoms with Crippen LogP contribution < -0.4 is 26.6 Å². The Morgan fingerprint density at radius 1 is 0.470 bits per heavy atom. The Morgan fingerprint density at radius 2 is 0.894 bits per heavy atom. The van der Waals surface area contributed by atoms with Gasteiger partial charge in [0.25, 0.3) is 0 Å². The molecule has 66 heavy (non-hydrogen) atoms. The van der Waals surface area contributed by atoms with Gasteiger partial charge in [0, 0.05) is 64.8 Å². The van der Waals surface area contributed by atoms with E-state index in [-0.39, 0.29) is 17.5 Å². The third-order valence-corrected chi connectivity index (χ3v) is 15.9. The zero-order valence-corrected chi connectivity index (χ0v) is 39.7. The average Bonchev–Trinajstić information content (AvgIpc) is 4.11. The molecule has 320 valence electrons. The zero-order chi connectivity index (χ0) is 44.8. The first-order chi connectivity index (χ1) is 31.9. The van der Waals surface area contributed by atoms with Gasteiger partial charge in [-0.05, 0) is 135 Å². The predicted molar refractivity (Wildman–Crippen MR) is 284 cm³/mol. The minimum absolute atomic E-state index is 0.0570. The topological polar surface area (TPSA) is 32.8 Å². The summed E-state index contributed by atoms with van der Waals surface area (Å²) in [6.45, 7) is 15.7. The lowest BCUT2D eigenvalue weighted by atomic mass is 9.37. The normalized spacial score (nSPS) is 13.6. The van der Waals surface area contributed by atoms with Crippen molar-refractivity contribution in [3.8, 4) is 22.3 Å². The number of aryl methyl sites for hydroxylation is 1. The van der Waals surface area contributed by atoms with Crippen molar-refractivity contribution < 1.29 is 8.83 Å². The van der Waals surface area contributed by atoms with E-state index in [1.807, 2.05) is 0 Å². The Kier molecular flexibility index (Phi) is 8.45. The van der Waals surface area contributed by atoms with Crippen LogP contribution in [0, 0.1) is 6.92 Å². The maximum atomic E-state index is 7.27. The van der Waals surface area contributed by atoms with Crippen molar-refractivity contribution >= 4 is 122 Å². The lowest BCUT2D eigenvalue weighted by Gasteiger charge is -2.41. The highest BCUT2D eigenvalue weighted by Crippen LogP contribution is 2.50. The van der Waals surface area contributed by atoms with Gasteiger partial charge in [0.2, 0.25) is 0 Å². The number of thiophene rings is 2. The summed E-state index contributed by atoms with van der Waals surface area (Å²) in [4.78, 5) is 4.94. The van der Waals surface area contributed by atoms with Gasteiger partial charge in [-0.3, -0.25) is 0 Å². The Bertz CT molecular complexity index is 3520. The highest BCUT2D eigenvalue weighted by Gasteiger charge is 2.50. The number of anilines is 6. The molecule has 0 atom stereocenters. The van der Waals surface area contributed by atoms with Gasteiger partial charge in [-0.15, -0.1) is 22.7 Å². The molecule has 0 amide bonds. The van der Waals surface area contributed by atoms with Crippen molar-refractivity contribution in [1.82, 2.24) is 0 Å². The van der Waals surface area contributed by atoms with Crippen LogP contribution in [0.25, 0.3) is 64.4 Å². The fourth-order valence-corrected chi connectivity index (χ4v) is 12.5. The van der Waals surface area contributed by atoms with Crippen LogP contribution in [0.5, 0.6) is 0 Å². The van der Waals surface area contributed by atoms with Gasteiger partial charge in [0.1, 0.15) is 22.5 Å². The van der Waals surface area contributed by atoms with Crippen LogP contribution in [0.15, 0.2) is 165 Å². The number of furan rings is 2. The number of hydrogen-bond donors (Lipinski definition) is 0. The molecule has 4 aromatic heterocycles. The largest absolute Gasteiger partial charge is 0.468 e. The highest BCUT2D eigenvalue weighted by atomic mass is 32.1. The summed E-state index contributed by atoms with van der Waals surface area (Å²) in [5, 5.41) is 9.36. The molecule has 0 fully saturated rings. The Morgan fingerprint density at radius 3 is 1.32 bits per heavy atom. The summed E-state index contributed by atoms with van der Waals surface area (Å²) in [5.74, 6) is 0. The van der Waals surface area contributed by atoms with Gasteiger partial charge in [-0.2, -0.15) is 0 Å². The second-order valence-electron chi connectivity index (χ2n) is 20.3. The van der Waals surface area contributed by atoms with Crippen molar-refractivity contribution in [2.45, 2.75) is 59.3 Å². The molecule has 0 bridgehead atoms. The van der Waals surface area contributed by atoms with Crippen LogP contribution in [0.4, 0.5) is 34.1 Å². The lowest BCUT2D eigenvalue weighted by molar-refractivity contribution is 0.590. The Labute approximate surface area is 393 Å². The van der Waals surface area contributed by atoms with E-state index >= 15 is 0 Å². The molecule has 2 aliphatic rings. The molecular weight excluding hydrogens is 844 g/mol.